The maximum absolute atomic E-state index is 12.8. The largest absolute Gasteiger partial charge is 0.481 e. The SMILES string of the molecule is CC(C)NC(=O)[C@@H](C)Oc1ccc(S(=O)(=O)Nc2cccc(C(F)(F)F)c2)cc1. The van der Waals surface area contributed by atoms with E-state index in [1.165, 1.54) is 30.3 Å². The highest BCUT2D eigenvalue weighted by Gasteiger charge is 2.30. The molecule has 0 bridgehead atoms. The third-order valence-corrected chi connectivity index (χ3v) is 5.09. The van der Waals surface area contributed by atoms with Crippen molar-refractivity contribution >= 4 is 21.6 Å². The molecule has 0 unspecified atom stereocenters. The predicted molar refractivity (Wildman–Crippen MR) is 102 cm³/mol. The normalized spacial score (nSPS) is 13.1. The molecule has 0 fully saturated rings. The Labute approximate surface area is 167 Å². The molecule has 158 valence electrons. The number of hydrogen-bond donors (Lipinski definition) is 2. The lowest BCUT2D eigenvalue weighted by Crippen LogP contribution is -2.40. The number of anilines is 1. The Bertz CT molecular complexity index is 958. The summed E-state index contributed by atoms with van der Waals surface area (Å²) in [7, 11) is -4.11. The third kappa shape index (κ3) is 6.38. The van der Waals surface area contributed by atoms with E-state index in [1.54, 1.807) is 6.92 Å². The smallest absolute Gasteiger partial charge is 0.416 e. The van der Waals surface area contributed by atoms with Crippen LogP contribution in [0, 0.1) is 0 Å². The average Bonchev–Trinajstić information content (AvgIpc) is 2.60. The van der Waals surface area contributed by atoms with Crippen LogP contribution in [0.2, 0.25) is 0 Å². The van der Waals surface area contributed by atoms with Crippen LogP contribution in [-0.4, -0.2) is 26.5 Å². The fourth-order valence-electron chi connectivity index (χ4n) is 2.33. The second kappa shape index (κ2) is 8.73. The number of carbonyl (C=O) groups is 1. The maximum atomic E-state index is 12.8. The molecule has 2 aromatic carbocycles. The Morgan fingerprint density at radius 1 is 1.03 bits per heavy atom. The van der Waals surface area contributed by atoms with E-state index in [2.05, 4.69) is 10.0 Å². The van der Waals surface area contributed by atoms with Gasteiger partial charge in [0.2, 0.25) is 0 Å². The number of sulfonamides is 1. The van der Waals surface area contributed by atoms with Gasteiger partial charge in [0.1, 0.15) is 5.75 Å². The number of carbonyl (C=O) groups excluding carboxylic acids is 1. The van der Waals surface area contributed by atoms with Gasteiger partial charge in [0.05, 0.1) is 10.5 Å². The van der Waals surface area contributed by atoms with Gasteiger partial charge in [-0.25, -0.2) is 8.42 Å². The number of rotatable bonds is 7. The molecular weight excluding hydrogens is 409 g/mol. The van der Waals surface area contributed by atoms with Crippen molar-refractivity contribution in [1.82, 2.24) is 5.32 Å². The van der Waals surface area contributed by atoms with Crippen LogP contribution in [0.25, 0.3) is 0 Å². The Balaban J connectivity index is 2.11. The molecule has 0 spiro atoms. The van der Waals surface area contributed by atoms with Crippen molar-refractivity contribution in [3.63, 3.8) is 0 Å². The molecule has 2 aromatic rings. The van der Waals surface area contributed by atoms with Gasteiger partial charge in [-0.3, -0.25) is 9.52 Å². The lowest BCUT2D eigenvalue weighted by Gasteiger charge is -2.16. The monoisotopic (exact) mass is 430 g/mol. The highest BCUT2D eigenvalue weighted by atomic mass is 32.2. The molecule has 0 radical (unpaired) electrons. The van der Waals surface area contributed by atoms with Crippen molar-refractivity contribution in [3.8, 4) is 5.75 Å². The number of ether oxygens (including phenoxy) is 1. The molecule has 1 atom stereocenters. The van der Waals surface area contributed by atoms with Crippen LogP contribution in [0.5, 0.6) is 5.75 Å². The second-order valence-corrected chi connectivity index (χ2v) is 8.26. The van der Waals surface area contributed by atoms with E-state index in [0.717, 1.165) is 12.1 Å². The van der Waals surface area contributed by atoms with Crippen LogP contribution in [0.1, 0.15) is 26.3 Å². The Kier molecular flexibility index (Phi) is 6.78. The molecule has 0 aliphatic carbocycles. The van der Waals surface area contributed by atoms with Crippen LogP contribution in [-0.2, 0) is 21.0 Å². The number of halogens is 3. The summed E-state index contributed by atoms with van der Waals surface area (Å²) in [6.45, 7) is 5.17. The zero-order valence-electron chi connectivity index (χ0n) is 15.9. The van der Waals surface area contributed by atoms with Crippen molar-refractivity contribution in [2.45, 2.75) is 44.0 Å². The summed E-state index contributed by atoms with van der Waals surface area (Å²) in [5, 5.41) is 2.69. The number of alkyl halides is 3. The molecule has 0 saturated heterocycles. The summed E-state index contributed by atoms with van der Waals surface area (Å²) in [6.07, 6.45) is -5.37. The average molecular weight is 430 g/mol. The van der Waals surface area contributed by atoms with E-state index in [-0.39, 0.29) is 28.3 Å². The minimum atomic E-state index is -4.58. The molecule has 10 heteroatoms. The first kappa shape index (κ1) is 22.5. The van der Waals surface area contributed by atoms with Gasteiger partial charge in [0.15, 0.2) is 6.10 Å². The zero-order valence-corrected chi connectivity index (χ0v) is 16.8. The summed E-state index contributed by atoms with van der Waals surface area (Å²) in [4.78, 5) is 11.7. The third-order valence-electron chi connectivity index (χ3n) is 3.69. The Morgan fingerprint density at radius 2 is 1.66 bits per heavy atom. The van der Waals surface area contributed by atoms with Gasteiger partial charge < -0.3 is 10.1 Å². The molecule has 0 aliphatic heterocycles. The maximum Gasteiger partial charge on any atom is 0.416 e. The molecule has 0 aromatic heterocycles. The fourth-order valence-corrected chi connectivity index (χ4v) is 3.38. The molecule has 2 N–H and O–H groups in total. The van der Waals surface area contributed by atoms with Crippen LogP contribution >= 0.6 is 0 Å². The lowest BCUT2D eigenvalue weighted by atomic mass is 10.2. The summed E-state index contributed by atoms with van der Waals surface area (Å²) < 4.78 is 70.8. The summed E-state index contributed by atoms with van der Waals surface area (Å²) >= 11 is 0. The molecule has 1 amide bonds. The minimum absolute atomic E-state index is 0.0528. The van der Waals surface area contributed by atoms with Crippen LogP contribution in [0.15, 0.2) is 53.4 Å². The molecule has 2 rings (SSSR count). The first-order chi connectivity index (χ1) is 13.4. The lowest BCUT2D eigenvalue weighted by molar-refractivity contribution is -0.137. The first-order valence-electron chi connectivity index (χ1n) is 8.65. The van der Waals surface area contributed by atoms with Crippen LogP contribution in [0.3, 0.4) is 0 Å². The second-order valence-electron chi connectivity index (χ2n) is 6.58. The highest BCUT2D eigenvalue weighted by Crippen LogP contribution is 2.31. The summed E-state index contributed by atoms with van der Waals surface area (Å²) in [6, 6.07) is 9.03. The van der Waals surface area contributed by atoms with Crippen LogP contribution < -0.4 is 14.8 Å². The van der Waals surface area contributed by atoms with E-state index in [1.807, 2.05) is 13.8 Å². The van der Waals surface area contributed by atoms with Crippen molar-refractivity contribution in [3.05, 3.63) is 54.1 Å². The Hall–Kier alpha value is -2.75. The van der Waals surface area contributed by atoms with E-state index in [4.69, 9.17) is 4.74 Å². The quantitative estimate of drug-likeness (QED) is 0.700. The van der Waals surface area contributed by atoms with Crippen molar-refractivity contribution in [2.75, 3.05) is 4.72 Å². The molecular formula is C19H21F3N2O4S. The predicted octanol–water partition coefficient (Wildman–Crippen LogP) is 3.80. The number of nitrogens with one attached hydrogen (secondary N) is 2. The van der Waals surface area contributed by atoms with E-state index >= 15 is 0 Å². The van der Waals surface area contributed by atoms with E-state index < -0.39 is 27.9 Å². The standard InChI is InChI=1S/C19H21F3N2O4S/c1-12(2)23-18(25)13(3)28-16-7-9-17(10-8-16)29(26,27)24-15-6-4-5-14(11-15)19(20,21)22/h4-13,24H,1-3H3,(H,23,25)/t13-/m1/s1. The summed E-state index contributed by atoms with van der Waals surface area (Å²) in [5.74, 6) is -0.0441. The van der Waals surface area contributed by atoms with Gasteiger partial charge in [-0.15, -0.1) is 0 Å². The highest BCUT2D eigenvalue weighted by molar-refractivity contribution is 7.92. The van der Waals surface area contributed by atoms with Gasteiger partial charge in [-0.2, -0.15) is 13.2 Å². The number of amides is 1. The zero-order chi connectivity index (χ0) is 21.8. The summed E-state index contributed by atoms with van der Waals surface area (Å²) in [5.41, 5.74) is -1.17. The number of benzene rings is 2. The van der Waals surface area contributed by atoms with E-state index in [9.17, 15) is 26.4 Å². The Morgan fingerprint density at radius 3 is 2.21 bits per heavy atom. The van der Waals surface area contributed by atoms with Crippen molar-refractivity contribution < 1.29 is 31.1 Å². The van der Waals surface area contributed by atoms with Gasteiger partial charge in [0, 0.05) is 11.7 Å². The molecule has 29 heavy (non-hydrogen) atoms. The van der Waals surface area contributed by atoms with Gasteiger partial charge >= 0.3 is 6.18 Å². The van der Waals surface area contributed by atoms with E-state index in [0.29, 0.717) is 6.07 Å². The first-order valence-corrected chi connectivity index (χ1v) is 10.1. The molecule has 0 saturated carbocycles. The van der Waals surface area contributed by atoms with Gasteiger partial charge in [-0.05, 0) is 63.2 Å². The fraction of sp³-hybridized carbons (Fsp3) is 0.316. The minimum Gasteiger partial charge on any atom is -0.481 e. The molecule has 6 nitrogen and oxygen atoms in total. The van der Waals surface area contributed by atoms with Crippen molar-refractivity contribution in [1.29, 1.82) is 0 Å². The van der Waals surface area contributed by atoms with Gasteiger partial charge in [-0.1, -0.05) is 6.07 Å². The number of hydrogen-bond acceptors (Lipinski definition) is 4. The molecule has 0 heterocycles. The van der Waals surface area contributed by atoms with Crippen LogP contribution in [0.4, 0.5) is 18.9 Å². The van der Waals surface area contributed by atoms with Gasteiger partial charge in [0.25, 0.3) is 15.9 Å². The van der Waals surface area contributed by atoms with Crippen molar-refractivity contribution in [2.24, 2.45) is 0 Å². The topological polar surface area (TPSA) is 84.5 Å². The molecule has 0 aliphatic rings.